The van der Waals surface area contributed by atoms with Crippen LogP contribution in [0.5, 0.6) is 0 Å². The van der Waals surface area contributed by atoms with Crippen LogP contribution < -0.4 is 0 Å². The van der Waals surface area contributed by atoms with E-state index in [1.807, 2.05) is 0 Å². The molecule has 1 aliphatic carbocycles. The summed E-state index contributed by atoms with van der Waals surface area (Å²) in [6.07, 6.45) is -1.88. The molecule has 0 spiro atoms. The second kappa shape index (κ2) is 5.83. The van der Waals surface area contributed by atoms with Gasteiger partial charge in [-0.1, -0.05) is 24.3 Å². The number of benzene rings is 1. The summed E-state index contributed by atoms with van der Waals surface area (Å²) in [5, 5.41) is 28.8. The third kappa shape index (κ3) is 2.91. The normalized spacial score (nSPS) is 18.6. The first kappa shape index (κ1) is 15.5. The number of hydrogen-bond acceptors (Lipinski definition) is 5. The van der Waals surface area contributed by atoms with Gasteiger partial charge in [-0.2, -0.15) is 0 Å². The molecule has 21 heavy (non-hydrogen) atoms. The second-order valence-corrected chi connectivity index (χ2v) is 5.15. The molecule has 2 rings (SSSR count). The van der Waals surface area contributed by atoms with Gasteiger partial charge in [-0.25, -0.2) is 4.79 Å². The lowest BCUT2D eigenvalue weighted by atomic mass is 9.93. The van der Waals surface area contributed by atoms with Crippen LogP contribution in [-0.2, 0) is 19.7 Å². The highest BCUT2D eigenvalue weighted by atomic mass is 16.5. The van der Waals surface area contributed by atoms with Gasteiger partial charge in [-0.15, -0.1) is 0 Å². The summed E-state index contributed by atoms with van der Waals surface area (Å²) < 4.78 is 4.64. The van der Waals surface area contributed by atoms with Crippen LogP contribution in [0.3, 0.4) is 0 Å². The maximum absolute atomic E-state index is 11.4. The van der Waals surface area contributed by atoms with Crippen molar-refractivity contribution in [3.63, 3.8) is 0 Å². The van der Waals surface area contributed by atoms with Crippen LogP contribution in [0.4, 0.5) is 0 Å². The Balaban J connectivity index is 2.12. The summed E-state index contributed by atoms with van der Waals surface area (Å²) >= 11 is 0. The van der Waals surface area contributed by atoms with E-state index in [1.54, 1.807) is 19.1 Å². The van der Waals surface area contributed by atoms with Crippen LogP contribution in [0, 0.1) is 0 Å². The van der Waals surface area contributed by atoms with Gasteiger partial charge in [0.2, 0.25) is 0 Å². The van der Waals surface area contributed by atoms with Gasteiger partial charge in [-0.05, 0) is 30.9 Å². The summed E-state index contributed by atoms with van der Waals surface area (Å²) in [7, 11) is 0. The Kier molecular flexibility index (Phi) is 4.29. The number of ether oxygens (including phenoxy) is 1. The van der Waals surface area contributed by atoms with Crippen molar-refractivity contribution in [1.82, 2.24) is 0 Å². The predicted octanol–water partition coefficient (Wildman–Crippen LogP) is 0.760. The molecule has 0 amide bonds. The lowest BCUT2D eigenvalue weighted by molar-refractivity contribution is -0.159. The summed E-state index contributed by atoms with van der Waals surface area (Å²) in [5.74, 6) is -1.75. The average Bonchev–Trinajstić information content (AvgIpc) is 3.28. The first-order chi connectivity index (χ1) is 9.92. The van der Waals surface area contributed by atoms with Crippen molar-refractivity contribution >= 4 is 11.9 Å². The highest BCUT2D eigenvalue weighted by Crippen LogP contribution is 2.48. The molecule has 6 nitrogen and oxygen atoms in total. The quantitative estimate of drug-likeness (QED) is 0.669. The minimum atomic E-state index is -1.66. The number of aliphatic carboxylic acids is 1. The molecule has 1 aromatic rings. The third-order valence-electron chi connectivity index (χ3n) is 3.79. The van der Waals surface area contributed by atoms with Crippen LogP contribution in [0.1, 0.15) is 37.0 Å². The Morgan fingerprint density at radius 3 is 2.24 bits per heavy atom. The molecule has 114 valence electrons. The van der Waals surface area contributed by atoms with Crippen molar-refractivity contribution in [3.8, 4) is 0 Å². The fourth-order valence-electron chi connectivity index (χ4n) is 2.29. The first-order valence-corrected chi connectivity index (χ1v) is 6.79. The molecule has 0 bridgehead atoms. The third-order valence-corrected chi connectivity index (χ3v) is 3.79. The summed E-state index contributed by atoms with van der Waals surface area (Å²) in [5.41, 5.74) is 0.181. The minimum Gasteiger partial charge on any atom is -0.481 e. The number of aliphatic hydroxyl groups excluding tert-OH is 2. The fourth-order valence-corrected chi connectivity index (χ4v) is 2.29. The lowest BCUT2D eigenvalue weighted by Crippen LogP contribution is -2.30. The van der Waals surface area contributed by atoms with Crippen molar-refractivity contribution in [2.75, 3.05) is 6.61 Å². The average molecular weight is 294 g/mol. The van der Waals surface area contributed by atoms with E-state index in [0.717, 1.165) is 0 Å². The van der Waals surface area contributed by atoms with Crippen molar-refractivity contribution in [1.29, 1.82) is 0 Å². The largest absolute Gasteiger partial charge is 0.481 e. The molecule has 1 saturated carbocycles. The van der Waals surface area contributed by atoms with Gasteiger partial charge < -0.3 is 20.1 Å². The van der Waals surface area contributed by atoms with Gasteiger partial charge in [0.25, 0.3) is 0 Å². The molecule has 1 aromatic carbocycles. The standard InChI is InChI=1S/C15H18O6/c1-2-21-13(18)12(17)11(16)9-3-5-10(6-4-9)15(7-8-15)14(19)20/h3-6,11-12,16-17H,2,7-8H2,1H3,(H,19,20). The van der Waals surface area contributed by atoms with E-state index < -0.39 is 29.6 Å². The SMILES string of the molecule is CCOC(=O)C(O)C(O)c1ccc(C2(C(=O)O)CC2)cc1. The Morgan fingerprint density at radius 2 is 1.81 bits per heavy atom. The van der Waals surface area contributed by atoms with Crippen molar-refractivity contribution in [2.45, 2.75) is 37.4 Å². The van der Waals surface area contributed by atoms with Crippen LogP contribution in [0.25, 0.3) is 0 Å². The molecular formula is C15H18O6. The molecule has 1 aliphatic rings. The number of carboxylic acids is 1. The molecule has 1 fully saturated rings. The van der Waals surface area contributed by atoms with Gasteiger partial charge in [0, 0.05) is 0 Å². The van der Waals surface area contributed by atoms with Gasteiger partial charge in [0.15, 0.2) is 6.10 Å². The number of hydrogen-bond donors (Lipinski definition) is 3. The summed E-state index contributed by atoms with van der Waals surface area (Å²) in [6, 6.07) is 6.26. The number of aliphatic hydroxyl groups is 2. The van der Waals surface area contributed by atoms with E-state index in [0.29, 0.717) is 24.0 Å². The lowest BCUT2D eigenvalue weighted by Gasteiger charge is -2.18. The highest BCUT2D eigenvalue weighted by molar-refractivity contribution is 5.84. The molecule has 0 aromatic heterocycles. The predicted molar refractivity (Wildman–Crippen MR) is 72.6 cm³/mol. The highest BCUT2D eigenvalue weighted by Gasteiger charge is 2.51. The molecule has 2 unspecified atom stereocenters. The van der Waals surface area contributed by atoms with E-state index >= 15 is 0 Å². The number of esters is 1. The maximum atomic E-state index is 11.4. The van der Waals surface area contributed by atoms with Crippen LogP contribution in [-0.4, -0.2) is 40.0 Å². The Labute approximate surface area is 122 Å². The topological polar surface area (TPSA) is 104 Å². The van der Waals surface area contributed by atoms with E-state index in [4.69, 9.17) is 0 Å². The minimum absolute atomic E-state index is 0.114. The zero-order valence-electron chi connectivity index (χ0n) is 11.7. The molecular weight excluding hydrogens is 276 g/mol. The number of carbonyl (C=O) groups is 2. The van der Waals surface area contributed by atoms with Crippen LogP contribution in [0.2, 0.25) is 0 Å². The first-order valence-electron chi connectivity index (χ1n) is 6.79. The summed E-state index contributed by atoms with van der Waals surface area (Å²) in [6.45, 7) is 1.72. The number of carbonyl (C=O) groups excluding carboxylic acids is 1. The molecule has 0 heterocycles. The van der Waals surface area contributed by atoms with Crippen molar-refractivity contribution in [3.05, 3.63) is 35.4 Å². The Hall–Kier alpha value is -1.92. The molecule has 2 atom stereocenters. The van der Waals surface area contributed by atoms with Gasteiger partial charge >= 0.3 is 11.9 Å². The second-order valence-electron chi connectivity index (χ2n) is 5.15. The molecule has 6 heteroatoms. The summed E-state index contributed by atoms with van der Waals surface area (Å²) in [4.78, 5) is 22.6. The van der Waals surface area contributed by atoms with Crippen LogP contribution in [0.15, 0.2) is 24.3 Å². The molecule has 3 N–H and O–H groups in total. The van der Waals surface area contributed by atoms with Gasteiger partial charge in [0.1, 0.15) is 6.10 Å². The van der Waals surface area contributed by atoms with Crippen LogP contribution >= 0.6 is 0 Å². The molecule has 0 radical (unpaired) electrons. The van der Waals surface area contributed by atoms with E-state index in [1.165, 1.54) is 12.1 Å². The maximum Gasteiger partial charge on any atom is 0.338 e. The number of carboxylic acid groups (broad SMARTS) is 1. The molecule has 0 saturated heterocycles. The Morgan fingerprint density at radius 1 is 1.24 bits per heavy atom. The van der Waals surface area contributed by atoms with Crippen molar-refractivity contribution in [2.24, 2.45) is 0 Å². The molecule has 0 aliphatic heterocycles. The van der Waals surface area contributed by atoms with Gasteiger partial charge in [0.05, 0.1) is 12.0 Å². The zero-order chi connectivity index (χ0) is 15.6. The Bertz CT molecular complexity index is 532. The zero-order valence-corrected chi connectivity index (χ0v) is 11.7. The van der Waals surface area contributed by atoms with E-state index in [-0.39, 0.29) is 6.61 Å². The smallest absolute Gasteiger partial charge is 0.338 e. The van der Waals surface area contributed by atoms with E-state index in [9.17, 15) is 24.9 Å². The number of rotatable bonds is 6. The van der Waals surface area contributed by atoms with Crippen molar-refractivity contribution < 1.29 is 29.6 Å². The van der Waals surface area contributed by atoms with E-state index in [2.05, 4.69) is 4.74 Å². The fraction of sp³-hybridized carbons (Fsp3) is 0.467. The monoisotopic (exact) mass is 294 g/mol. The van der Waals surface area contributed by atoms with Gasteiger partial charge in [-0.3, -0.25) is 4.79 Å².